The molecular weight excluding hydrogens is 246 g/mol. The summed E-state index contributed by atoms with van der Waals surface area (Å²) >= 11 is 0. The maximum atomic E-state index is 10.9. The van der Waals surface area contributed by atoms with Crippen LogP contribution < -0.4 is 10.5 Å². The van der Waals surface area contributed by atoms with Crippen molar-refractivity contribution < 1.29 is 14.6 Å². The molecule has 1 aromatic carbocycles. The average molecular weight is 261 g/mol. The number of nitrogens with two attached hydrogens (primary N) is 1. The molecule has 0 saturated heterocycles. The van der Waals surface area contributed by atoms with Crippen LogP contribution in [0.2, 0.25) is 0 Å². The highest BCUT2D eigenvalue weighted by Crippen LogP contribution is 2.28. The molecule has 0 atom stereocenters. The Labute approximate surface area is 110 Å². The number of aromatic carboxylic acids is 1. The van der Waals surface area contributed by atoms with Crippen LogP contribution in [-0.4, -0.2) is 20.9 Å². The summed E-state index contributed by atoms with van der Waals surface area (Å²) in [5.74, 6) is -0.200. The molecule has 2 rings (SSSR count). The monoisotopic (exact) mass is 261 g/mol. The van der Waals surface area contributed by atoms with Crippen LogP contribution in [0, 0.1) is 0 Å². The van der Waals surface area contributed by atoms with Gasteiger partial charge in [0, 0.05) is 6.04 Å². The van der Waals surface area contributed by atoms with Crippen LogP contribution in [0.4, 0.5) is 5.69 Å². The maximum Gasteiger partial charge on any atom is 0.335 e. The maximum absolute atomic E-state index is 10.9. The number of ether oxygens (including phenoxy) is 1. The zero-order valence-electron chi connectivity index (χ0n) is 10.7. The van der Waals surface area contributed by atoms with Crippen LogP contribution >= 0.6 is 0 Å². The number of anilines is 1. The van der Waals surface area contributed by atoms with E-state index in [0.29, 0.717) is 17.2 Å². The predicted octanol–water partition coefficient (Wildman–Crippen LogP) is 2.54. The van der Waals surface area contributed by atoms with Crippen molar-refractivity contribution in [3.05, 3.63) is 36.2 Å². The third kappa shape index (κ3) is 2.85. The number of carboxylic acids is 1. The third-order valence-electron chi connectivity index (χ3n) is 2.60. The van der Waals surface area contributed by atoms with Crippen molar-refractivity contribution in [2.45, 2.75) is 19.9 Å². The number of nitrogens with zero attached hydrogens (tertiary/aromatic N) is 2. The van der Waals surface area contributed by atoms with Gasteiger partial charge in [0.2, 0.25) is 0 Å². The summed E-state index contributed by atoms with van der Waals surface area (Å²) in [5, 5.41) is 13.1. The minimum atomic E-state index is -1.03. The molecule has 0 aliphatic carbocycles. The number of nitrogen functional groups attached to an aromatic ring is 1. The molecule has 0 amide bonds. The fourth-order valence-electron chi connectivity index (χ4n) is 1.54. The molecule has 100 valence electrons. The quantitative estimate of drug-likeness (QED) is 0.825. The van der Waals surface area contributed by atoms with Crippen LogP contribution in [-0.2, 0) is 0 Å². The van der Waals surface area contributed by atoms with Crippen LogP contribution in [0.15, 0.2) is 30.6 Å². The number of carbonyl (C=O) groups is 1. The van der Waals surface area contributed by atoms with Crippen molar-refractivity contribution in [2.75, 3.05) is 5.73 Å². The molecule has 0 bridgehead atoms. The highest BCUT2D eigenvalue weighted by molar-refractivity contribution is 5.89. The van der Waals surface area contributed by atoms with Crippen LogP contribution in [0.1, 0.15) is 30.2 Å². The van der Waals surface area contributed by atoms with E-state index in [9.17, 15) is 4.79 Å². The molecule has 0 aliphatic heterocycles. The van der Waals surface area contributed by atoms with Gasteiger partial charge in [-0.1, -0.05) is 0 Å². The van der Waals surface area contributed by atoms with Gasteiger partial charge in [0.05, 0.1) is 23.6 Å². The van der Waals surface area contributed by atoms with Crippen LogP contribution in [0.3, 0.4) is 0 Å². The van der Waals surface area contributed by atoms with Gasteiger partial charge in [-0.2, -0.15) is 5.10 Å². The van der Waals surface area contributed by atoms with E-state index in [1.165, 1.54) is 18.2 Å². The van der Waals surface area contributed by atoms with Crippen molar-refractivity contribution >= 4 is 11.7 Å². The zero-order chi connectivity index (χ0) is 14.0. The van der Waals surface area contributed by atoms with E-state index in [4.69, 9.17) is 15.6 Å². The van der Waals surface area contributed by atoms with Gasteiger partial charge in [-0.15, -0.1) is 0 Å². The number of hydrogen-bond donors (Lipinski definition) is 2. The number of carboxylic acid groups (broad SMARTS) is 1. The van der Waals surface area contributed by atoms with Crippen molar-refractivity contribution in [2.24, 2.45) is 0 Å². The van der Waals surface area contributed by atoms with Crippen molar-refractivity contribution in [1.29, 1.82) is 0 Å². The summed E-state index contributed by atoms with van der Waals surface area (Å²) in [6.45, 7) is 3.99. The summed E-state index contributed by atoms with van der Waals surface area (Å²) in [6, 6.07) is 4.55. The minimum Gasteiger partial charge on any atom is -0.478 e. The van der Waals surface area contributed by atoms with E-state index < -0.39 is 5.97 Å². The van der Waals surface area contributed by atoms with Crippen LogP contribution in [0.25, 0.3) is 0 Å². The molecule has 0 radical (unpaired) electrons. The Morgan fingerprint density at radius 1 is 1.47 bits per heavy atom. The van der Waals surface area contributed by atoms with E-state index in [0.717, 1.165) is 0 Å². The van der Waals surface area contributed by atoms with Gasteiger partial charge >= 0.3 is 5.97 Å². The molecule has 1 aromatic heterocycles. The summed E-state index contributed by atoms with van der Waals surface area (Å²) in [7, 11) is 0. The van der Waals surface area contributed by atoms with Gasteiger partial charge in [-0.3, -0.25) is 4.68 Å². The van der Waals surface area contributed by atoms with Crippen molar-refractivity contribution in [1.82, 2.24) is 9.78 Å². The lowest BCUT2D eigenvalue weighted by molar-refractivity contribution is 0.0696. The smallest absolute Gasteiger partial charge is 0.335 e. The normalized spacial score (nSPS) is 10.7. The van der Waals surface area contributed by atoms with Gasteiger partial charge in [-0.05, 0) is 32.0 Å². The largest absolute Gasteiger partial charge is 0.478 e. The highest BCUT2D eigenvalue weighted by Gasteiger charge is 2.10. The van der Waals surface area contributed by atoms with E-state index >= 15 is 0 Å². The van der Waals surface area contributed by atoms with Gasteiger partial charge in [0.25, 0.3) is 0 Å². The zero-order valence-corrected chi connectivity index (χ0v) is 10.7. The Balaban J connectivity index is 2.26. The lowest BCUT2D eigenvalue weighted by Gasteiger charge is -2.07. The number of rotatable bonds is 4. The lowest BCUT2D eigenvalue weighted by Crippen LogP contribution is -2.00. The highest BCUT2D eigenvalue weighted by atomic mass is 16.5. The predicted molar refractivity (Wildman–Crippen MR) is 70.5 cm³/mol. The van der Waals surface area contributed by atoms with Crippen LogP contribution in [0.5, 0.6) is 11.5 Å². The van der Waals surface area contributed by atoms with Gasteiger partial charge < -0.3 is 15.6 Å². The first-order valence-corrected chi connectivity index (χ1v) is 5.82. The molecule has 6 nitrogen and oxygen atoms in total. The lowest BCUT2D eigenvalue weighted by atomic mass is 10.2. The molecule has 2 aromatic rings. The molecule has 0 fully saturated rings. The standard InChI is InChI=1S/C13H15N3O3/c1-8(2)16-7-10(6-15-16)19-12-5-9(13(17)18)3-4-11(12)14/h3-8H,14H2,1-2H3,(H,17,18). The summed E-state index contributed by atoms with van der Waals surface area (Å²) in [6.07, 6.45) is 3.30. The first-order valence-electron chi connectivity index (χ1n) is 5.82. The Morgan fingerprint density at radius 2 is 2.21 bits per heavy atom. The molecule has 19 heavy (non-hydrogen) atoms. The number of hydrogen-bond acceptors (Lipinski definition) is 4. The molecule has 0 unspecified atom stereocenters. The van der Waals surface area contributed by atoms with E-state index in [1.807, 2.05) is 13.8 Å². The second-order valence-electron chi connectivity index (χ2n) is 4.41. The second-order valence-corrected chi connectivity index (χ2v) is 4.41. The molecule has 0 saturated carbocycles. The third-order valence-corrected chi connectivity index (χ3v) is 2.60. The van der Waals surface area contributed by atoms with E-state index in [2.05, 4.69) is 5.10 Å². The Bertz CT molecular complexity index is 605. The molecule has 0 aliphatic rings. The fourth-order valence-corrected chi connectivity index (χ4v) is 1.54. The van der Waals surface area contributed by atoms with Crippen molar-refractivity contribution in [3.63, 3.8) is 0 Å². The average Bonchev–Trinajstić information content (AvgIpc) is 2.80. The van der Waals surface area contributed by atoms with Crippen molar-refractivity contribution in [3.8, 4) is 11.5 Å². The Morgan fingerprint density at radius 3 is 2.79 bits per heavy atom. The molecule has 0 spiro atoms. The van der Waals surface area contributed by atoms with E-state index in [1.54, 1.807) is 17.1 Å². The van der Waals surface area contributed by atoms with Gasteiger partial charge in [0.15, 0.2) is 11.5 Å². The molecule has 1 heterocycles. The van der Waals surface area contributed by atoms with E-state index in [-0.39, 0.29) is 11.6 Å². The Kier molecular flexibility index (Phi) is 3.41. The molecule has 6 heteroatoms. The first-order chi connectivity index (χ1) is 8.97. The minimum absolute atomic E-state index is 0.125. The number of aromatic nitrogens is 2. The second kappa shape index (κ2) is 5.01. The van der Waals surface area contributed by atoms with Gasteiger partial charge in [0.1, 0.15) is 0 Å². The first kappa shape index (κ1) is 12.9. The Hall–Kier alpha value is -2.50. The summed E-state index contributed by atoms with van der Waals surface area (Å²) in [5.41, 5.74) is 6.26. The summed E-state index contributed by atoms with van der Waals surface area (Å²) < 4.78 is 7.30. The summed E-state index contributed by atoms with van der Waals surface area (Å²) in [4.78, 5) is 10.9. The molecular formula is C13H15N3O3. The van der Waals surface area contributed by atoms with Gasteiger partial charge in [-0.25, -0.2) is 4.79 Å². The topological polar surface area (TPSA) is 90.4 Å². The SMILES string of the molecule is CC(C)n1cc(Oc2cc(C(=O)O)ccc2N)cn1. The molecule has 3 N–H and O–H groups in total. The fraction of sp³-hybridized carbons (Fsp3) is 0.231. The number of benzene rings is 1.